The lowest BCUT2D eigenvalue weighted by atomic mass is 10.1. The van der Waals surface area contributed by atoms with E-state index in [2.05, 4.69) is 14.0 Å². The molecule has 0 aliphatic carbocycles. The Hall–Kier alpha value is -0.370. The van der Waals surface area contributed by atoms with E-state index in [-0.39, 0.29) is 0 Å². The van der Waals surface area contributed by atoms with E-state index < -0.39 is 0 Å². The van der Waals surface area contributed by atoms with Gasteiger partial charge in [-0.25, -0.2) is 0 Å². The number of piperidine rings is 1. The highest BCUT2D eigenvalue weighted by Crippen LogP contribution is 2.16. The number of unbranched alkanes of at least 4 members (excludes halogenated alkanes) is 6. The van der Waals surface area contributed by atoms with Gasteiger partial charge in [0.1, 0.15) is 5.78 Å². The summed E-state index contributed by atoms with van der Waals surface area (Å²) in [5.74, 6) is 0.472. The third-order valence-corrected chi connectivity index (χ3v) is 4.16. The molecule has 0 atom stereocenters. The highest BCUT2D eigenvalue weighted by atomic mass is 16.1. The van der Waals surface area contributed by atoms with Gasteiger partial charge in [-0.2, -0.15) is 0 Å². The fourth-order valence-electron chi connectivity index (χ4n) is 2.70. The van der Waals surface area contributed by atoms with E-state index in [0.717, 1.165) is 30.4 Å². The molecule has 1 fully saturated rings. The van der Waals surface area contributed by atoms with E-state index in [4.69, 9.17) is 0 Å². The van der Waals surface area contributed by atoms with Crippen molar-refractivity contribution in [2.45, 2.75) is 64.7 Å². The number of quaternary nitrogens is 1. The van der Waals surface area contributed by atoms with Crippen LogP contribution < -0.4 is 0 Å². The number of Topliss-reactive ketones (excluding diaryl/α,β-unsaturated/α-hetero) is 1. The second-order valence-electron chi connectivity index (χ2n) is 5.95. The van der Waals surface area contributed by atoms with Crippen LogP contribution in [0.1, 0.15) is 64.7 Å². The summed E-state index contributed by atoms with van der Waals surface area (Å²) in [4.78, 5) is 11.2. The molecule has 17 heavy (non-hydrogen) atoms. The van der Waals surface area contributed by atoms with Gasteiger partial charge in [-0.1, -0.05) is 39.0 Å². The molecule has 0 radical (unpaired) electrons. The summed E-state index contributed by atoms with van der Waals surface area (Å²) in [5.41, 5.74) is 0. The molecule has 0 unspecified atom stereocenters. The van der Waals surface area contributed by atoms with E-state index in [0.29, 0.717) is 5.78 Å². The molecule has 0 N–H and O–H groups in total. The van der Waals surface area contributed by atoms with Crippen molar-refractivity contribution in [2.24, 2.45) is 0 Å². The summed E-state index contributed by atoms with van der Waals surface area (Å²) in [7, 11) is 2.32. The molecule has 100 valence electrons. The molecule has 0 aromatic heterocycles. The average Bonchev–Trinajstić information content (AvgIpc) is 2.32. The maximum absolute atomic E-state index is 11.2. The van der Waals surface area contributed by atoms with Gasteiger partial charge in [0.05, 0.1) is 39.5 Å². The Morgan fingerprint density at radius 2 is 1.47 bits per heavy atom. The molecule has 2 heteroatoms. The van der Waals surface area contributed by atoms with Crippen LogP contribution in [0.4, 0.5) is 0 Å². The van der Waals surface area contributed by atoms with Gasteiger partial charge < -0.3 is 4.48 Å². The van der Waals surface area contributed by atoms with E-state index >= 15 is 0 Å². The molecule has 0 spiro atoms. The number of hydrogen-bond acceptors (Lipinski definition) is 1. The maximum atomic E-state index is 11.2. The van der Waals surface area contributed by atoms with Gasteiger partial charge in [-0.3, -0.25) is 4.79 Å². The number of hydrogen-bond donors (Lipinski definition) is 0. The zero-order valence-corrected chi connectivity index (χ0v) is 11.8. The summed E-state index contributed by atoms with van der Waals surface area (Å²) in [6.07, 6.45) is 11.3. The summed E-state index contributed by atoms with van der Waals surface area (Å²) in [5, 5.41) is 0. The van der Waals surface area contributed by atoms with Crippen LogP contribution in [0.2, 0.25) is 0 Å². The van der Waals surface area contributed by atoms with Crippen LogP contribution in [0.25, 0.3) is 0 Å². The first-order valence-electron chi connectivity index (χ1n) is 7.51. The molecular weight excluding hydrogens is 210 g/mol. The van der Waals surface area contributed by atoms with Crippen molar-refractivity contribution in [1.29, 1.82) is 0 Å². The molecule has 0 aromatic carbocycles. The Bertz CT molecular complexity index is 215. The van der Waals surface area contributed by atoms with Crippen LogP contribution >= 0.6 is 0 Å². The third kappa shape index (κ3) is 6.21. The minimum atomic E-state index is 0.472. The lowest BCUT2D eigenvalue weighted by Gasteiger charge is -2.37. The molecule has 1 aliphatic heterocycles. The number of carbonyl (C=O) groups excluding carboxylic acids is 1. The van der Waals surface area contributed by atoms with Crippen LogP contribution in [0, 0.1) is 0 Å². The Morgan fingerprint density at radius 3 is 2.06 bits per heavy atom. The zero-order chi connectivity index (χ0) is 12.6. The number of likely N-dealkylation sites (tertiary alicyclic amines) is 1. The average molecular weight is 240 g/mol. The van der Waals surface area contributed by atoms with Crippen molar-refractivity contribution in [3.05, 3.63) is 0 Å². The van der Waals surface area contributed by atoms with Crippen LogP contribution in [0.3, 0.4) is 0 Å². The van der Waals surface area contributed by atoms with Gasteiger partial charge in [0.2, 0.25) is 0 Å². The third-order valence-electron chi connectivity index (χ3n) is 4.16. The van der Waals surface area contributed by atoms with Crippen molar-refractivity contribution >= 4 is 5.78 Å². The number of carbonyl (C=O) groups is 1. The van der Waals surface area contributed by atoms with Gasteiger partial charge in [0.25, 0.3) is 0 Å². The number of ketones is 1. The zero-order valence-electron chi connectivity index (χ0n) is 11.8. The van der Waals surface area contributed by atoms with Crippen LogP contribution in [-0.2, 0) is 4.79 Å². The number of nitrogens with zero attached hydrogens (tertiary/aromatic N) is 1. The summed E-state index contributed by atoms with van der Waals surface area (Å²) >= 11 is 0. The van der Waals surface area contributed by atoms with Crippen LogP contribution in [-0.4, -0.2) is 36.9 Å². The lowest BCUT2D eigenvalue weighted by Crippen LogP contribution is -2.50. The van der Waals surface area contributed by atoms with E-state index in [1.54, 1.807) is 0 Å². The standard InChI is InChI=1S/C15H30NO/c1-3-4-5-6-7-8-9-12-16(2)13-10-15(17)11-14-16/h3-14H2,1-2H3/q+1. The number of rotatable bonds is 8. The predicted molar refractivity (Wildman–Crippen MR) is 73.0 cm³/mol. The summed E-state index contributed by atoms with van der Waals surface area (Å²) in [6, 6.07) is 0. The Labute approximate surface area is 107 Å². The largest absolute Gasteiger partial charge is 0.325 e. The smallest absolute Gasteiger partial charge is 0.144 e. The van der Waals surface area contributed by atoms with Gasteiger partial charge in [0, 0.05) is 0 Å². The fraction of sp³-hybridized carbons (Fsp3) is 0.933. The molecule has 1 rings (SSSR count). The van der Waals surface area contributed by atoms with Gasteiger partial charge in [0.15, 0.2) is 0 Å². The summed E-state index contributed by atoms with van der Waals surface area (Å²) < 4.78 is 1.14. The Morgan fingerprint density at radius 1 is 0.941 bits per heavy atom. The molecular formula is C15H30NO+. The molecule has 0 amide bonds. The van der Waals surface area contributed by atoms with E-state index in [9.17, 15) is 4.79 Å². The van der Waals surface area contributed by atoms with Crippen molar-refractivity contribution < 1.29 is 9.28 Å². The topological polar surface area (TPSA) is 17.1 Å². The molecule has 0 bridgehead atoms. The highest BCUT2D eigenvalue weighted by molar-refractivity contribution is 5.78. The molecule has 1 saturated heterocycles. The van der Waals surface area contributed by atoms with Gasteiger partial charge in [-0.05, 0) is 12.8 Å². The first kappa shape index (κ1) is 14.7. The fourth-order valence-corrected chi connectivity index (χ4v) is 2.70. The van der Waals surface area contributed by atoms with Gasteiger partial charge in [-0.15, -0.1) is 0 Å². The first-order valence-corrected chi connectivity index (χ1v) is 7.51. The van der Waals surface area contributed by atoms with E-state index in [1.165, 1.54) is 51.5 Å². The van der Waals surface area contributed by atoms with Crippen molar-refractivity contribution in [3.8, 4) is 0 Å². The van der Waals surface area contributed by atoms with Gasteiger partial charge >= 0.3 is 0 Å². The van der Waals surface area contributed by atoms with Crippen LogP contribution in [0.5, 0.6) is 0 Å². The minimum absolute atomic E-state index is 0.472. The van der Waals surface area contributed by atoms with Crippen molar-refractivity contribution in [3.63, 3.8) is 0 Å². The van der Waals surface area contributed by atoms with E-state index in [1.807, 2.05) is 0 Å². The molecule has 2 nitrogen and oxygen atoms in total. The SMILES string of the molecule is CCCCCCCCC[N+]1(C)CCC(=O)CC1. The highest BCUT2D eigenvalue weighted by Gasteiger charge is 2.27. The first-order chi connectivity index (χ1) is 8.16. The predicted octanol–water partition coefficient (Wildman–Crippen LogP) is 3.55. The van der Waals surface area contributed by atoms with Crippen molar-refractivity contribution in [1.82, 2.24) is 0 Å². The second-order valence-corrected chi connectivity index (χ2v) is 5.95. The Balaban J connectivity index is 2.00. The molecule has 1 heterocycles. The maximum Gasteiger partial charge on any atom is 0.144 e. The molecule has 1 aliphatic rings. The second kappa shape index (κ2) is 7.86. The molecule has 0 saturated carbocycles. The normalized spacial score (nSPS) is 19.5. The minimum Gasteiger partial charge on any atom is -0.325 e. The Kier molecular flexibility index (Phi) is 6.79. The van der Waals surface area contributed by atoms with Crippen LogP contribution in [0.15, 0.2) is 0 Å². The lowest BCUT2D eigenvalue weighted by molar-refractivity contribution is -0.911. The summed E-state index contributed by atoms with van der Waals surface area (Å²) in [6.45, 7) is 5.70. The van der Waals surface area contributed by atoms with Crippen molar-refractivity contribution in [2.75, 3.05) is 26.7 Å². The monoisotopic (exact) mass is 240 g/mol. The quantitative estimate of drug-likeness (QED) is 0.468. The molecule has 0 aromatic rings.